The van der Waals surface area contributed by atoms with E-state index in [1.54, 1.807) is 0 Å². The largest absolute Gasteiger partial charge is 0.356 e. The highest BCUT2D eigenvalue weighted by Gasteiger charge is 2.19. The number of nitrogens with zero attached hydrogens (tertiary/aromatic N) is 4. The smallest absolute Gasteiger partial charge is 0.236 e. The van der Waals surface area contributed by atoms with Crippen LogP contribution in [0.3, 0.4) is 0 Å². The Bertz CT molecular complexity index is 834. The third-order valence-electron chi connectivity index (χ3n) is 4.37. The molecule has 1 aliphatic rings. The summed E-state index contributed by atoms with van der Waals surface area (Å²) in [5, 5.41) is 0. The van der Waals surface area contributed by atoms with Crippen molar-refractivity contribution in [2.45, 2.75) is 25.9 Å². The SMILES string of the molecule is Cc1cccc(-c2cn3ccc(N4CCC(F)CC4)nc3n2)c1. The minimum atomic E-state index is -0.672. The van der Waals surface area contributed by atoms with E-state index in [-0.39, 0.29) is 0 Å². The van der Waals surface area contributed by atoms with Crippen LogP contribution in [0.25, 0.3) is 17.0 Å². The summed E-state index contributed by atoms with van der Waals surface area (Å²) in [6, 6.07) is 10.3. The summed E-state index contributed by atoms with van der Waals surface area (Å²) in [7, 11) is 0. The van der Waals surface area contributed by atoms with Gasteiger partial charge in [0.1, 0.15) is 12.0 Å². The van der Waals surface area contributed by atoms with Crippen molar-refractivity contribution in [1.29, 1.82) is 0 Å². The first-order valence-corrected chi connectivity index (χ1v) is 8.01. The highest BCUT2D eigenvalue weighted by atomic mass is 19.1. The number of anilines is 1. The summed E-state index contributed by atoms with van der Waals surface area (Å²) in [5.74, 6) is 1.56. The number of aromatic nitrogens is 3. The molecule has 0 bridgehead atoms. The second-order valence-electron chi connectivity index (χ2n) is 6.15. The second-order valence-corrected chi connectivity index (χ2v) is 6.15. The van der Waals surface area contributed by atoms with Gasteiger partial charge in [-0.3, -0.25) is 4.40 Å². The Labute approximate surface area is 134 Å². The molecule has 0 N–H and O–H groups in total. The molecule has 4 nitrogen and oxygen atoms in total. The van der Waals surface area contributed by atoms with E-state index in [9.17, 15) is 4.39 Å². The highest BCUT2D eigenvalue weighted by molar-refractivity contribution is 5.62. The maximum atomic E-state index is 13.3. The predicted molar refractivity (Wildman–Crippen MR) is 89.5 cm³/mol. The molecule has 0 aliphatic carbocycles. The minimum Gasteiger partial charge on any atom is -0.356 e. The van der Waals surface area contributed by atoms with E-state index in [0.29, 0.717) is 18.6 Å². The van der Waals surface area contributed by atoms with Crippen LogP contribution in [0.5, 0.6) is 0 Å². The third kappa shape index (κ3) is 2.79. The molecule has 3 heterocycles. The molecule has 1 aromatic carbocycles. The van der Waals surface area contributed by atoms with Gasteiger partial charge >= 0.3 is 0 Å². The first-order valence-electron chi connectivity index (χ1n) is 8.01. The van der Waals surface area contributed by atoms with Gasteiger partial charge in [0.25, 0.3) is 0 Å². The lowest BCUT2D eigenvalue weighted by atomic mass is 10.1. The van der Waals surface area contributed by atoms with Crippen LogP contribution in [-0.2, 0) is 0 Å². The van der Waals surface area contributed by atoms with Gasteiger partial charge in [-0.15, -0.1) is 0 Å². The predicted octanol–water partition coefficient (Wildman–Crippen LogP) is 3.64. The standard InChI is InChI=1S/C18H19FN4/c1-13-3-2-4-14(11-13)16-12-23-10-7-17(21-18(23)20-16)22-8-5-15(19)6-9-22/h2-4,7,10-12,15H,5-6,8-9H2,1H3. The fourth-order valence-electron chi connectivity index (χ4n) is 3.06. The van der Waals surface area contributed by atoms with Gasteiger partial charge in [-0.05, 0) is 31.9 Å². The van der Waals surface area contributed by atoms with Crippen molar-refractivity contribution in [3.05, 3.63) is 48.3 Å². The number of halogens is 1. The van der Waals surface area contributed by atoms with E-state index in [1.807, 2.05) is 28.9 Å². The highest BCUT2D eigenvalue weighted by Crippen LogP contribution is 2.23. The van der Waals surface area contributed by atoms with Crippen LogP contribution in [0.4, 0.5) is 10.2 Å². The summed E-state index contributed by atoms with van der Waals surface area (Å²) in [5.41, 5.74) is 3.22. The zero-order valence-electron chi connectivity index (χ0n) is 13.1. The fourth-order valence-corrected chi connectivity index (χ4v) is 3.06. The summed E-state index contributed by atoms with van der Waals surface area (Å²) >= 11 is 0. The number of hydrogen-bond donors (Lipinski definition) is 0. The average molecular weight is 310 g/mol. The normalized spacial score (nSPS) is 16.2. The van der Waals surface area contributed by atoms with Crippen molar-refractivity contribution < 1.29 is 4.39 Å². The van der Waals surface area contributed by atoms with Crippen LogP contribution < -0.4 is 4.90 Å². The number of rotatable bonds is 2. The molecule has 23 heavy (non-hydrogen) atoms. The Morgan fingerprint density at radius 1 is 1.13 bits per heavy atom. The fraction of sp³-hybridized carbons (Fsp3) is 0.333. The number of piperidine rings is 1. The maximum absolute atomic E-state index is 13.3. The van der Waals surface area contributed by atoms with Gasteiger partial charge in [0.05, 0.1) is 5.69 Å². The van der Waals surface area contributed by atoms with E-state index in [2.05, 4.69) is 40.0 Å². The lowest BCUT2D eigenvalue weighted by molar-refractivity contribution is 0.277. The summed E-state index contributed by atoms with van der Waals surface area (Å²) in [4.78, 5) is 11.4. The van der Waals surface area contributed by atoms with Gasteiger partial charge in [0, 0.05) is 31.0 Å². The van der Waals surface area contributed by atoms with E-state index < -0.39 is 6.17 Å². The Morgan fingerprint density at radius 2 is 1.96 bits per heavy atom. The zero-order chi connectivity index (χ0) is 15.8. The number of imidazole rings is 1. The number of benzene rings is 1. The Hall–Kier alpha value is -2.43. The van der Waals surface area contributed by atoms with Gasteiger partial charge in [0.2, 0.25) is 5.78 Å². The van der Waals surface area contributed by atoms with Crippen LogP contribution in [0, 0.1) is 6.92 Å². The molecule has 1 saturated heterocycles. The quantitative estimate of drug-likeness (QED) is 0.724. The van der Waals surface area contributed by atoms with Crippen molar-refractivity contribution in [1.82, 2.24) is 14.4 Å². The summed E-state index contributed by atoms with van der Waals surface area (Å²) in [6.07, 6.45) is 4.46. The van der Waals surface area contributed by atoms with Crippen molar-refractivity contribution >= 4 is 11.6 Å². The van der Waals surface area contributed by atoms with Gasteiger partial charge in [-0.2, -0.15) is 4.98 Å². The Balaban J connectivity index is 1.67. The first-order chi connectivity index (χ1) is 11.2. The monoisotopic (exact) mass is 310 g/mol. The zero-order valence-corrected chi connectivity index (χ0v) is 13.1. The second kappa shape index (κ2) is 5.65. The molecule has 4 rings (SSSR count). The van der Waals surface area contributed by atoms with E-state index >= 15 is 0 Å². The van der Waals surface area contributed by atoms with Crippen LogP contribution in [0.1, 0.15) is 18.4 Å². The number of fused-ring (bicyclic) bond motifs is 1. The van der Waals surface area contributed by atoms with Gasteiger partial charge < -0.3 is 4.90 Å². The number of aryl methyl sites for hydroxylation is 1. The molecule has 0 unspecified atom stereocenters. The van der Waals surface area contributed by atoms with E-state index in [4.69, 9.17) is 0 Å². The number of hydrogen-bond acceptors (Lipinski definition) is 3. The molecule has 0 atom stereocenters. The molecule has 1 aliphatic heterocycles. The first kappa shape index (κ1) is 14.2. The van der Waals surface area contributed by atoms with Gasteiger partial charge in [-0.25, -0.2) is 9.37 Å². The van der Waals surface area contributed by atoms with E-state index in [0.717, 1.165) is 30.2 Å². The molecule has 2 aromatic heterocycles. The van der Waals surface area contributed by atoms with Gasteiger partial charge in [-0.1, -0.05) is 23.8 Å². The third-order valence-corrected chi connectivity index (χ3v) is 4.37. The Kier molecular flexibility index (Phi) is 3.48. The summed E-state index contributed by atoms with van der Waals surface area (Å²) in [6.45, 7) is 3.51. The van der Waals surface area contributed by atoms with Crippen molar-refractivity contribution in [2.75, 3.05) is 18.0 Å². The Morgan fingerprint density at radius 3 is 2.74 bits per heavy atom. The molecule has 3 aromatic rings. The van der Waals surface area contributed by atoms with Crippen molar-refractivity contribution in [2.24, 2.45) is 0 Å². The van der Waals surface area contributed by atoms with Crippen molar-refractivity contribution in [3.63, 3.8) is 0 Å². The molecular formula is C18H19FN4. The van der Waals surface area contributed by atoms with Crippen LogP contribution in [0.15, 0.2) is 42.7 Å². The lowest BCUT2D eigenvalue weighted by Gasteiger charge is -2.29. The molecule has 0 spiro atoms. The molecule has 0 radical (unpaired) electrons. The molecule has 0 amide bonds. The topological polar surface area (TPSA) is 33.4 Å². The van der Waals surface area contributed by atoms with Gasteiger partial charge in [0.15, 0.2) is 0 Å². The van der Waals surface area contributed by atoms with E-state index in [1.165, 1.54) is 5.56 Å². The van der Waals surface area contributed by atoms with Crippen LogP contribution in [-0.4, -0.2) is 33.6 Å². The molecule has 118 valence electrons. The maximum Gasteiger partial charge on any atom is 0.236 e. The average Bonchev–Trinajstić information content (AvgIpc) is 2.99. The van der Waals surface area contributed by atoms with Crippen LogP contribution >= 0.6 is 0 Å². The van der Waals surface area contributed by atoms with Crippen molar-refractivity contribution in [3.8, 4) is 11.3 Å². The lowest BCUT2D eigenvalue weighted by Crippen LogP contribution is -2.34. The molecule has 5 heteroatoms. The molecule has 0 saturated carbocycles. The minimum absolute atomic E-state index is 0.579. The summed E-state index contributed by atoms with van der Waals surface area (Å²) < 4.78 is 15.2. The number of alkyl halides is 1. The molecular weight excluding hydrogens is 291 g/mol. The molecule has 1 fully saturated rings. The van der Waals surface area contributed by atoms with Crippen LogP contribution in [0.2, 0.25) is 0 Å².